The highest BCUT2D eigenvalue weighted by atomic mass is 32.1. The molecule has 0 amide bonds. The number of thiazole rings is 1. The first kappa shape index (κ1) is 11.8. The number of carboxylic acids is 1. The van der Waals surface area contributed by atoms with Gasteiger partial charge in [0.05, 0.1) is 32.6 Å². The van der Waals surface area contributed by atoms with E-state index in [1.54, 1.807) is 18.3 Å². The van der Waals surface area contributed by atoms with Gasteiger partial charge in [-0.25, -0.2) is 9.67 Å². The van der Waals surface area contributed by atoms with Crippen molar-refractivity contribution in [2.75, 3.05) is 0 Å². The lowest BCUT2D eigenvalue weighted by Crippen LogP contribution is -2.23. The van der Waals surface area contributed by atoms with E-state index in [0.717, 1.165) is 20.9 Å². The van der Waals surface area contributed by atoms with Gasteiger partial charge in [0.2, 0.25) is 0 Å². The molecule has 96 valence electrons. The van der Waals surface area contributed by atoms with Crippen LogP contribution in [0.1, 0.15) is 21.2 Å². The SMILES string of the molecule is Cc1nc2ccc(-n3nnc(C(=O)[O-])c3C)cc2s1. The Hall–Kier alpha value is -2.28. The average Bonchev–Trinajstić information content (AvgIpc) is 2.89. The number of hydrogen-bond acceptors (Lipinski definition) is 6. The van der Waals surface area contributed by atoms with Crippen LogP contribution in [0.5, 0.6) is 0 Å². The molecular formula is C12H9N4O2S-. The van der Waals surface area contributed by atoms with Crippen LogP contribution in [-0.2, 0) is 0 Å². The normalized spacial score (nSPS) is 11.1. The number of aryl methyl sites for hydroxylation is 1. The summed E-state index contributed by atoms with van der Waals surface area (Å²) in [6, 6.07) is 5.64. The fourth-order valence-corrected chi connectivity index (χ4v) is 2.78. The van der Waals surface area contributed by atoms with Crippen molar-refractivity contribution < 1.29 is 9.90 Å². The summed E-state index contributed by atoms with van der Waals surface area (Å²) in [6.07, 6.45) is 0. The molecule has 0 unspecified atom stereocenters. The molecule has 2 aromatic heterocycles. The lowest BCUT2D eigenvalue weighted by atomic mass is 10.3. The first-order valence-electron chi connectivity index (χ1n) is 5.57. The smallest absolute Gasteiger partial charge is 0.131 e. The molecule has 1 aromatic carbocycles. The number of carbonyl (C=O) groups excluding carboxylic acids is 1. The van der Waals surface area contributed by atoms with Crippen molar-refractivity contribution in [2.45, 2.75) is 13.8 Å². The standard InChI is InChI=1S/C12H10N4O2S/c1-6-11(12(17)18)14-15-16(6)8-3-4-9-10(5-8)19-7(2)13-9/h3-5H,1-2H3,(H,17,18)/p-1. The van der Waals surface area contributed by atoms with Crippen molar-refractivity contribution in [3.8, 4) is 5.69 Å². The number of aromatic nitrogens is 4. The van der Waals surface area contributed by atoms with Gasteiger partial charge in [-0.15, -0.1) is 16.4 Å². The van der Waals surface area contributed by atoms with Crippen LogP contribution in [0.15, 0.2) is 18.2 Å². The predicted octanol–water partition coefficient (Wildman–Crippen LogP) is 0.857. The molecule has 3 aromatic rings. The Morgan fingerprint density at radius 1 is 1.37 bits per heavy atom. The van der Waals surface area contributed by atoms with Crippen molar-refractivity contribution in [3.63, 3.8) is 0 Å². The van der Waals surface area contributed by atoms with Crippen molar-refractivity contribution in [3.05, 3.63) is 34.6 Å². The lowest BCUT2D eigenvalue weighted by molar-refractivity contribution is -0.255. The second-order valence-electron chi connectivity index (χ2n) is 4.11. The molecule has 2 heterocycles. The summed E-state index contributed by atoms with van der Waals surface area (Å²) in [5.74, 6) is -1.32. The molecule has 0 aliphatic heterocycles. The zero-order chi connectivity index (χ0) is 13.6. The van der Waals surface area contributed by atoms with E-state index in [0.29, 0.717) is 5.69 Å². The van der Waals surface area contributed by atoms with Gasteiger partial charge in [-0.05, 0) is 32.0 Å². The summed E-state index contributed by atoms with van der Waals surface area (Å²) in [5.41, 5.74) is 1.99. The highest BCUT2D eigenvalue weighted by molar-refractivity contribution is 7.18. The number of carboxylic acid groups (broad SMARTS) is 1. The first-order chi connectivity index (χ1) is 9.06. The predicted molar refractivity (Wildman–Crippen MR) is 68.3 cm³/mol. The summed E-state index contributed by atoms with van der Waals surface area (Å²) in [5, 5.41) is 19.3. The van der Waals surface area contributed by atoms with Crippen molar-refractivity contribution in [1.82, 2.24) is 20.0 Å². The van der Waals surface area contributed by atoms with Gasteiger partial charge in [0.25, 0.3) is 0 Å². The van der Waals surface area contributed by atoms with Gasteiger partial charge in [0.1, 0.15) is 5.69 Å². The van der Waals surface area contributed by atoms with E-state index in [4.69, 9.17) is 0 Å². The fraction of sp³-hybridized carbons (Fsp3) is 0.167. The maximum Gasteiger partial charge on any atom is 0.131 e. The minimum Gasteiger partial charge on any atom is -0.543 e. The van der Waals surface area contributed by atoms with E-state index in [2.05, 4.69) is 15.3 Å². The number of nitrogens with zero attached hydrogens (tertiary/aromatic N) is 4. The minimum absolute atomic E-state index is 0.138. The Bertz CT molecular complexity index is 790. The molecule has 0 spiro atoms. The summed E-state index contributed by atoms with van der Waals surface area (Å²) in [6.45, 7) is 3.59. The largest absolute Gasteiger partial charge is 0.543 e. The molecule has 0 aliphatic carbocycles. The molecule has 19 heavy (non-hydrogen) atoms. The third kappa shape index (κ3) is 1.88. The maximum atomic E-state index is 10.8. The van der Waals surface area contributed by atoms with Gasteiger partial charge < -0.3 is 9.90 Å². The Labute approximate surface area is 112 Å². The Kier molecular flexibility index (Phi) is 2.56. The molecule has 3 rings (SSSR count). The quantitative estimate of drug-likeness (QED) is 0.691. The van der Waals surface area contributed by atoms with Crippen LogP contribution >= 0.6 is 11.3 Å². The average molecular weight is 273 g/mol. The van der Waals surface area contributed by atoms with Crippen LogP contribution in [0.25, 0.3) is 15.9 Å². The van der Waals surface area contributed by atoms with Crippen LogP contribution in [0.2, 0.25) is 0 Å². The molecule has 0 N–H and O–H groups in total. The van der Waals surface area contributed by atoms with Crippen LogP contribution in [0.4, 0.5) is 0 Å². The van der Waals surface area contributed by atoms with E-state index in [1.807, 2.05) is 25.1 Å². The third-order valence-corrected chi connectivity index (χ3v) is 3.75. The molecule has 6 nitrogen and oxygen atoms in total. The molecule has 0 bridgehead atoms. The number of fused-ring (bicyclic) bond motifs is 1. The number of hydrogen-bond donors (Lipinski definition) is 0. The van der Waals surface area contributed by atoms with Crippen molar-refractivity contribution in [2.24, 2.45) is 0 Å². The third-order valence-electron chi connectivity index (χ3n) is 2.81. The second kappa shape index (κ2) is 4.13. The van der Waals surface area contributed by atoms with Gasteiger partial charge in [0, 0.05) is 0 Å². The molecule has 0 fully saturated rings. The van der Waals surface area contributed by atoms with E-state index in [1.165, 1.54) is 4.68 Å². The Balaban J connectivity index is 2.16. The minimum atomic E-state index is -1.32. The summed E-state index contributed by atoms with van der Waals surface area (Å²) in [7, 11) is 0. The van der Waals surface area contributed by atoms with Crippen LogP contribution in [-0.4, -0.2) is 25.9 Å². The topological polar surface area (TPSA) is 83.7 Å². The summed E-state index contributed by atoms with van der Waals surface area (Å²) in [4.78, 5) is 15.2. The van der Waals surface area contributed by atoms with E-state index in [-0.39, 0.29) is 5.69 Å². The number of carbonyl (C=O) groups is 1. The molecule has 0 saturated carbocycles. The monoisotopic (exact) mass is 273 g/mol. The lowest BCUT2D eigenvalue weighted by Gasteiger charge is -2.03. The fourth-order valence-electron chi connectivity index (χ4n) is 1.92. The molecule has 0 aliphatic rings. The van der Waals surface area contributed by atoms with Gasteiger partial charge in [-0.1, -0.05) is 5.21 Å². The molecule has 7 heteroatoms. The number of rotatable bonds is 2. The summed E-state index contributed by atoms with van der Waals surface area (Å²) >= 11 is 1.58. The van der Waals surface area contributed by atoms with Crippen LogP contribution in [0.3, 0.4) is 0 Å². The van der Waals surface area contributed by atoms with E-state index in [9.17, 15) is 9.90 Å². The highest BCUT2D eigenvalue weighted by Crippen LogP contribution is 2.24. The van der Waals surface area contributed by atoms with Gasteiger partial charge >= 0.3 is 0 Å². The number of benzene rings is 1. The number of aromatic carboxylic acids is 1. The van der Waals surface area contributed by atoms with Crippen LogP contribution in [0, 0.1) is 13.8 Å². The maximum absolute atomic E-state index is 10.8. The van der Waals surface area contributed by atoms with Gasteiger partial charge in [-0.3, -0.25) is 0 Å². The van der Waals surface area contributed by atoms with E-state index < -0.39 is 5.97 Å². The highest BCUT2D eigenvalue weighted by Gasteiger charge is 2.11. The zero-order valence-corrected chi connectivity index (χ0v) is 11.1. The van der Waals surface area contributed by atoms with Gasteiger partial charge in [0.15, 0.2) is 0 Å². The van der Waals surface area contributed by atoms with Gasteiger partial charge in [-0.2, -0.15) is 0 Å². The molecule has 0 saturated heterocycles. The van der Waals surface area contributed by atoms with Crippen molar-refractivity contribution in [1.29, 1.82) is 0 Å². The molecule has 0 atom stereocenters. The zero-order valence-electron chi connectivity index (χ0n) is 10.2. The summed E-state index contributed by atoms with van der Waals surface area (Å²) < 4.78 is 2.51. The van der Waals surface area contributed by atoms with E-state index >= 15 is 0 Å². The molecule has 0 radical (unpaired) electrons. The van der Waals surface area contributed by atoms with Crippen LogP contribution < -0.4 is 5.11 Å². The molecular weight excluding hydrogens is 264 g/mol. The second-order valence-corrected chi connectivity index (χ2v) is 5.34. The Morgan fingerprint density at radius 2 is 2.16 bits per heavy atom. The van der Waals surface area contributed by atoms with Crippen molar-refractivity contribution >= 4 is 27.5 Å². The first-order valence-corrected chi connectivity index (χ1v) is 6.39. The Morgan fingerprint density at radius 3 is 2.84 bits per heavy atom.